The zero-order valence-corrected chi connectivity index (χ0v) is 14.1. The van der Waals surface area contributed by atoms with Crippen LogP contribution in [0, 0.1) is 13.8 Å². The van der Waals surface area contributed by atoms with E-state index >= 15 is 0 Å². The van der Waals surface area contributed by atoms with Gasteiger partial charge in [0.1, 0.15) is 0 Å². The number of amides is 1. The number of carbonyl (C=O) groups is 1. The van der Waals surface area contributed by atoms with Gasteiger partial charge >= 0.3 is 0 Å². The maximum atomic E-state index is 12.0. The summed E-state index contributed by atoms with van der Waals surface area (Å²) in [5.74, 6) is -0.223. The molecule has 0 spiro atoms. The van der Waals surface area contributed by atoms with Crippen molar-refractivity contribution in [2.75, 3.05) is 5.32 Å². The van der Waals surface area contributed by atoms with Crippen molar-refractivity contribution in [2.24, 2.45) is 0 Å². The molecule has 0 fully saturated rings. The molecule has 5 heteroatoms. The van der Waals surface area contributed by atoms with Gasteiger partial charge in [-0.15, -0.1) is 0 Å². The Kier molecular flexibility index (Phi) is 5.09. The lowest BCUT2D eigenvalue weighted by molar-refractivity contribution is 0.0978. The van der Waals surface area contributed by atoms with Crippen molar-refractivity contribution in [3.8, 4) is 0 Å². The van der Waals surface area contributed by atoms with E-state index in [2.05, 4.69) is 26.6 Å². The Hall–Kier alpha value is -1.72. The van der Waals surface area contributed by atoms with Gasteiger partial charge in [0.25, 0.3) is 5.91 Å². The second kappa shape index (κ2) is 6.83. The van der Waals surface area contributed by atoms with E-state index in [1.54, 1.807) is 12.1 Å². The van der Waals surface area contributed by atoms with Crippen LogP contribution < -0.4 is 10.6 Å². The van der Waals surface area contributed by atoms with Gasteiger partial charge in [-0.3, -0.25) is 10.1 Å². The third-order valence-corrected chi connectivity index (χ3v) is 4.41. The first-order valence-electron chi connectivity index (χ1n) is 6.41. The van der Waals surface area contributed by atoms with Crippen LogP contribution >= 0.6 is 28.1 Å². The van der Waals surface area contributed by atoms with Crippen molar-refractivity contribution in [2.45, 2.75) is 13.8 Å². The van der Waals surface area contributed by atoms with E-state index in [0.717, 1.165) is 21.3 Å². The van der Waals surface area contributed by atoms with Crippen LogP contribution in [-0.4, -0.2) is 11.0 Å². The number of aryl methyl sites for hydroxylation is 2. The molecule has 1 amide bonds. The third kappa shape index (κ3) is 4.12. The molecule has 2 N–H and O–H groups in total. The van der Waals surface area contributed by atoms with Crippen molar-refractivity contribution >= 4 is 44.9 Å². The first-order chi connectivity index (χ1) is 9.97. The molecule has 0 aliphatic heterocycles. The summed E-state index contributed by atoms with van der Waals surface area (Å²) in [5, 5.41) is 5.98. The molecular weight excluding hydrogens is 348 g/mol. The highest BCUT2D eigenvalue weighted by atomic mass is 79.9. The lowest BCUT2D eigenvalue weighted by atomic mass is 10.1. The molecule has 0 saturated heterocycles. The monoisotopic (exact) mass is 362 g/mol. The first-order valence-corrected chi connectivity index (χ1v) is 7.61. The summed E-state index contributed by atoms with van der Waals surface area (Å²) in [6.45, 7) is 4.02. The van der Waals surface area contributed by atoms with Crippen molar-refractivity contribution in [3.05, 3.63) is 63.6 Å². The van der Waals surface area contributed by atoms with Crippen LogP contribution in [0.5, 0.6) is 0 Å². The molecule has 21 heavy (non-hydrogen) atoms. The quantitative estimate of drug-likeness (QED) is 0.786. The van der Waals surface area contributed by atoms with Crippen LogP contribution in [0.25, 0.3) is 0 Å². The summed E-state index contributed by atoms with van der Waals surface area (Å²) in [6, 6.07) is 12.9. The maximum Gasteiger partial charge on any atom is 0.257 e. The maximum absolute atomic E-state index is 12.0. The summed E-state index contributed by atoms with van der Waals surface area (Å²) >= 11 is 8.70. The Morgan fingerprint density at radius 3 is 2.24 bits per heavy atom. The molecule has 3 nitrogen and oxygen atoms in total. The Labute approximate surface area is 137 Å². The fourth-order valence-corrected chi connectivity index (χ4v) is 2.38. The minimum atomic E-state index is -0.223. The number of hydrogen-bond donors (Lipinski definition) is 2. The molecule has 2 aromatic rings. The molecule has 2 aromatic carbocycles. The Morgan fingerprint density at radius 1 is 1.10 bits per heavy atom. The summed E-state index contributed by atoms with van der Waals surface area (Å²) in [6.07, 6.45) is 0. The Bertz CT molecular complexity index is 663. The number of halogens is 1. The number of nitrogens with one attached hydrogen (secondary N) is 2. The van der Waals surface area contributed by atoms with E-state index in [0.29, 0.717) is 5.56 Å². The predicted molar refractivity (Wildman–Crippen MR) is 93.7 cm³/mol. The van der Waals surface area contributed by atoms with E-state index in [1.807, 2.05) is 44.2 Å². The van der Waals surface area contributed by atoms with E-state index in [1.165, 1.54) is 0 Å². The minimum absolute atomic E-state index is 0.223. The number of hydrogen-bond acceptors (Lipinski definition) is 2. The average molecular weight is 363 g/mol. The van der Waals surface area contributed by atoms with Crippen LogP contribution in [0.3, 0.4) is 0 Å². The summed E-state index contributed by atoms with van der Waals surface area (Å²) < 4.78 is 1.08. The average Bonchev–Trinajstić information content (AvgIpc) is 2.45. The van der Waals surface area contributed by atoms with Crippen LogP contribution in [0.15, 0.2) is 46.9 Å². The Morgan fingerprint density at radius 2 is 1.67 bits per heavy atom. The molecule has 0 unspecified atom stereocenters. The largest absolute Gasteiger partial charge is 0.332 e. The highest BCUT2D eigenvalue weighted by Crippen LogP contribution is 2.24. The molecule has 2 rings (SSSR count). The van der Waals surface area contributed by atoms with Gasteiger partial charge in [0.15, 0.2) is 5.11 Å². The van der Waals surface area contributed by atoms with Crippen LogP contribution in [0.2, 0.25) is 0 Å². The van der Waals surface area contributed by atoms with E-state index in [-0.39, 0.29) is 11.0 Å². The van der Waals surface area contributed by atoms with Crippen LogP contribution in [-0.2, 0) is 0 Å². The molecule has 0 aromatic heterocycles. The zero-order chi connectivity index (χ0) is 15.4. The minimum Gasteiger partial charge on any atom is -0.332 e. The Balaban J connectivity index is 2.04. The normalized spacial score (nSPS) is 10.0. The highest BCUT2D eigenvalue weighted by molar-refractivity contribution is 9.10. The van der Waals surface area contributed by atoms with Gasteiger partial charge in [-0.25, -0.2) is 0 Å². The van der Waals surface area contributed by atoms with Gasteiger partial charge in [-0.1, -0.05) is 34.1 Å². The molecular formula is C16H15BrN2OS. The smallest absolute Gasteiger partial charge is 0.257 e. The molecule has 0 radical (unpaired) electrons. The van der Waals surface area contributed by atoms with Crippen molar-refractivity contribution in [1.82, 2.24) is 5.32 Å². The van der Waals surface area contributed by atoms with Crippen molar-refractivity contribution < 1.29 is 4.79 Å². The molecule has 0 aliphatic carbocycles. The SMILES string of the molecule is Cc1cc(NC(=S)NC(=O)c2ccccc2)cc(C)c1Br. The fraction of sp³-hybridized carbons (Fsp3) is 0.125. The zero-order valence-electron chi connectivity index (χ0n) is 11.7. The molecule has 0 aliphatic rings. The lowest BCUT2D eigenvalue weighted by Crippen LogP contribution is -2.34. The van der Waals surface area contributed by atoms with Gasteiger partial charge < -0.3 is 5.32 Å². The second-order valence-electron chi connectivity index (χ2n) is 4.70. The number of rotatable bonds is 2. The van der Waals surface area contributed by atoms with Gasteiger partial charge in [0, 0.05) is 15.7 Å². The summed E-state index contributed by atoms with van der Waals surface area (Å²) in [5.41, 5.74) is 3.64. The first kappa shape index (κ1) is 15.7. The number of carbonyl (C=O) groups excluding carboxylic acids is 1. The third-order valence-electron chi connectivity index (χ3n) is 2.96. The van der Waals surface area contributed by atoms with E-state index in [4.69, 9.17) is 12.2 Å². The topological polar surface area (TPSA) is 41.1 Å². The molecule has 0 bridgehead atoms. The fourth-order valence-electron chi connectivity index (χ4n) is 1.95. The van der Waals surface area contributed by atoms with Gasteiger partial charge in [0.2, 0.25) is 0 Å². The molecule has 108 valence electrons. The summed E-state index contributed by atoms with van der Waals surface area (Å²) in [7, 11) is 0. The standard InChI is InChI=1S/C16H15BrN2OS/c1-10-8-13(9-11(2)14(10)17)18-16(21)19-15(20)12-6-4-3-5-7-12/h3-9H,1-2H3,(H2,18,19,20,21). The van der Waals surface area contributed by atoms with Crippen LogP contribution in [0.4, 0.5) is 5.69 Å². The van der Waals surface area contributed by atoms with Gasteiger partial charge in [-0.2, -0.15) is 0 Å². The number of anilines is 1. The van der Waals surface area contributed by atoms with E-state index < -0.39 is 0 Å². The lowest BCUT2D eigenvalue weighted by Gasteiger charge is -2.12. The molecule has 0 saturated carbocycles. The number of benzene rings is 2. The van der Waals surface area contributed by atoms with Gasteiger partial charge in [0.05, 0.1) is 0 Å². The molecule has 0 atom stereocenters. The number of thiocarbonyl (C=S) groups is 1. The van der Waals surface area contributed by atoms with Crippen LogP contribution in [0.1, 0.15) is 21.5 Å². The summed E-state index contributed by atoms with van der Waals surface area (Å²) in [4.78, 5) is 12.0. The second-order valence-corrected chi connectivity index (χ2v) is 5.90. The molecule has 0 heterocycles. The van der Waals surface area contributed by atoms with Crippen molar-refractivity contribution in [1.29, 1.82) is 0 Å². The highest BCUT2D eigenvalue weighted by Gasteiger charge is 2.08. The van der Waals surface area contributed by atoms with E-state index in [9.17, 15) is 4.79 Å². The van der Waals surface area contributed by atoms with Gasteiger partial charge in [-0.05, 0) is 61.5 Å². The van der Waals surface area contributed by atoms with Crippen molar-refractivity contribution in [3.63, 3.8) is 0 Å². The predicted octanol–water partition coefficient (Wildman–Crippen LogP) is 4.19.